The van der Waals surface area contributed by atoms with Gasteiger partial charge in [0.2, 0.25) is 5.91 Å². The summed E-state index contributed by atoms with van der Waals surface area (Å²) in [6.45, 7) is 0. The third kappa shape index (κ3) is 4.04. The summed E-state index contributed by atoms with van der Waals surface area (Å²) in [5.41, 5.74) is 7.78. The summed E-state index contributed by atoms with van der Waals surface area (Å²) in [7, 11) is 3.13. The fourth-order valence-electron chi connectivity index (χ4n) is 2.80. The lowest BCUT2D eigenvalue weighted by Gasteiger charge is -2.14. The van der Waals surface area contributed by atoms with Crippen LogP contribution in [0.2, 0.25) is 5.02 Å². The van der Waals surface area contributed by atoms with Gasteiger partial charge in [-0.05, 0) is 36.2 Å². The van der Waals surface area contributed by atoms with Crippen molar-refractivity contribution in [3.63, 3.8) is 0 Å². The summed E-state index contributed by atoms with van der Waals surface area (Å²) in [6.07, 6.45) is 0.610. The van der Waals surface area contributed by atoms with Crippen LogP contribution in [-0.2, 0) is 4.79 Å². The molecule has 0 radical (unpaired) electrons. The molecule has 3 rings (SSSR count). The number of amides is 1. The number of hydrazine groups is 1. The summed E-state index contributed by atoms with van der Waals surface area (Å²) >= 11 is 6.04. The van der Waals surface area contributed by atoms with E-state index >= 15 is 0 Å². The highest BCUT2D eigenvalue weighted by Gasteiger charge is 2.30. The third-order valence-electron chi connectivity index (χ3n) is 4.14. The van der Waals surface area contributed by atoms with Crippen LogP contribution in [0, 0.1) is 0 Å². The zero-order valence-corrected chi connectivity index (χ0v) is 14.8. The Balaban J connectivity index is 1.68. The summed E-state index contributed by atoms with van der Waals surface area (Å²) in [6, 6.07) is 12.5. The van der Waals surface area contributed by atoms with Crippen molar-refractivity contribution in [2.45, 2.75) is 18.5 Å². The molecule has 0 bridgehead atoms. The van der Waals surface area contributed by atoms with Crippen molar-refractivity contribution in [3.05, 3.63) is 53.1 Å². The molecule has 132 valence electrons. The number of rotatable bonds is 5. The minimum absolute atomic E-state index is 0.0154. The third-order valence-corrected chi connectivity index (χ3v) is 4.37. The molecule has 0 spiro atoms. The van der Waals surface area contributed by atoms with Crippen LogP contribution in [0.3, 0.4) is 0 Å². The highest BCUT2D eigenvalue weighted by Crippen LogP contribution is 2.30. The molecule has 1 heterocycles. The lowest BCUT2D eigenvalue weighted by molar-refractivity contribution is -0.117. The molecule has 1 saturated heterocycles. The van der Waals surface area contributed by atoms with Crippen molar-refractivity contribution in [3.8, 4) is 11.5 Å². The first-order chi connectivity index (χ1) is 12.1. The van der Waals surface area contributed by atoms with E-state index in [0.29, 0.717) is 28.6 Å². The van der Waals surface area contributed by atoms with Gasteiger partial charge in [0.05, 0.1) is 19.9 Å². The second-order valence-electron chi connectivity index (χ2n) is 5.74. The molecule has 0 saturated carbocycles. The molecule has 7 heteroatoms. The Hall–Kier alpha value is -2.28. The Morgan fingerprint density at radius 1 is 1.16 bits per heavy atom. The second-order valence-corrected chi connectivity index (χ2v) is 6.18. The van der Waals surface area contributed by atoms with E-state index in [2.05, 4.69) is 16.2 Å². The van der Waals surface area contributed by atoms with Gasteiger partial charge in [0, 0.05) is 17.1 Å². The van der Waals surface area contributed by atoms with E-state index in [-0.39, 0.29) is 18.0 Å². The Morgan fingerprint density at radius 2 is 2.00 bits per heavy atom. The Kier molecular flexibility index (Phi) is 5.43. The van der Waals surface area contributed by atoms with E-state index in [1.54, 1.807) is 32.4 Å². The number of carbonyl (C=O) groups is 1. The van der Waals surface area contributed by atoms with Gasteiger partial charge in [-0.1, -0.05) is 23.7 Å². The second kappa shape index (κ2) is 7.74. The van der Waals surface area contributed by atoms with E-state index in [1.165, 1.54) is 0 Å². The Bertz CT molecular complexity index is 769. The van der Waals surface area contributed by atoms with E-state index in [0.717, 1.165) is 5.56 Å². The van der Waals surface area contributed by atoms with Gasteiger partial charge in [-0.3, -0.25) is 4.79 Å². The van der Waals surface area contributed by atoms with Crippen molar-refractivity contribution < 1.29 is 14.3 Å². The average Bonchev–Trinajstić information content (AvgIpc) is 3.12. The highest BCUT2D eigenvalue weighted by molar-refractivity contribution is 6.30. The van der Waals surface area contributed by atoms with Crippen LogP contribution in [-0.4, -0.2) is 26.2 Å². The van der Waals surface area contributed by atoms with Crippen LogP contribution in [0.15, 0.2) is 42.5 Å². The van der Waals surface area contributed by atoms with Gasteiger partial charge in [0.1, 0.15) is 17.5 Å². The fraction of sp³-hybridized carbons (Fsp3) is 0.278. The number of anilines is 1. The topological polar surface area (TPSA) is 71.6 Å². The minimum atomic E-state index is -0.375. The maximum atomic E-state index is 12.6. The molecule has 1 aliphatic rings. The first-order valence-corrected chi connectivity index (χ1v) is 8.28. The summed E-state index contributed by atoms with van der Waals surface area (Å²) in [5.74, 6) is 1.07. The summed E-state index contributed by atoms with van der Waals surface area (Å²) in [4.78, 5) is 12.6. The molecule has 0 aromatic heterocycles. The molecule has 2 aromatic rings. The molecule has 3 N–H and O–H groups in total. The standard InChI is InChI=1S/C18H20ClN3O3/c1-24-13-6-7-17(25-2)15(9-13)20-18(23)16-10-14(21-22-16)11-4-3-5-12(19)8-11/h3-9,14,16,21-22H,10H2,1-2H3,(H,20,23). The van der Waals surface area contributed by atoms with Crippen LogP contribution in [0.4, 0.5) is 5.69 Å². The first-order valence-electron chi connectivity index (χ1n) is 7.90. The maximum Gasteiger partial charge on any atom is 0.243 e. The van der Waals surface area contributed by atoms with Gasteiger partial charge >= 0.3 is 0 Å². The predicted octanol–water partition coefficient (Wildman–Crippen LogP) is 2.90. The molecule has 25 heavy (non-hydrogen) atoms. The summed E-state index contributed by atoms with van der Waals surface area (Å²) in [5, 5.41) is 3.56. The first kappa shape index (κ1) is 17.5. The lowest BCUT2D eigenvalue weighted by Crippen LogP contribution is -2.39. The Morgan fingerprint density at radius 3 is 2.72 bits per heavy atom. The van der Waals surface area contributed by atoms with E-state index in [9.17, 15) is 4.79 Å². The zero-order chi connectivity index (χ0) is 17.8. The molecule has 1 amide bonds. The van der Waals surface area contributed by atoms with Gasteiger partial charge in [0.15, 0.2) is 0 Å². The maximum absolute atomic E-state index is 12.6. The molecule has 6 nitrogen and oxygen atoms in total. The average molecular weight is 362 g/mol. The molecule has 2 atom stereocenters. The molecule has 2 unspecified atom stereocenters. The van der Waals surface area contributed by atoms with E-state index in [1.807, 2.05) is 24.3 Å². The molecular formula is C18H20ClN3O3. The van der Waals surface area contributed by atoms with Crippen LogP contribution < -0.4 is 25.6 Å². The fourth-order valence-corrected chi connectivity index (χ4v) is 3.00. The van der Waals surface area contributed by atoms with Crippen molar-refractivity contribution >= 4 is 23.2 Å². The number of ether oxygens (including phenoxy) is 2. The minimum Gasteiger partial charge on any atom is -0.497 e. The molecule has 1 aliphatic heterocycles. The summed E-state index contributed by atoms with van der Waals surface area (Å²) < 4.78 is 10.5. The van der Waals surface area contributed by atoms with Crippen molar-refractivity contribution in [2.24, 2.45) is 0 Å². The van der Waals surface area contributed by atoms with Gasteiger partial charge in [-0.2, -0.15) is 0 Å². The largest absolute Gasteiger partial charge is 0.497 e. The van der Waals surface area contributed by atoms with Crippen LogP contribution in [0.5, 0.6) is 11.5 Å². The lowest BCUT2D eigenvalue weighted by atomic mass is 10.0. The number of halogens is 1. The van der Waals surface area contributed by atoms with E-state index in [4.69, 9.17) is 21.1 Å². The number of nitrogens with one attached hydrogen (secondary N) is 3. The van der Waals surface area contributed by atoms with Gasteiger partial charge in [0.25, 0.3) is 0 Å². The van der Waals surface area contributed by atoms with Crippen molar-refractivity contribution in [1.82, 2.24) is 10.9 Å². The van der Waals surface area contributed by atoms with Gasteiger partial charge < -0.3 is 14.8 Å². The predicted molar refractivity (Wildman–Crippen MR) is 97.0 cm³/mol. The number of hydrogen-bond donors (Lipinski definition) is 3. The van der Waals surface area contributed by atoms with Crippen LogP contribution in [0.25, 0.3) is 0 Å². The normalized spacial score (nSPS) is 19.5. The smallest absolute Gasteiger partial charge is 0.243 e. The highest BCUT2D eigenvalue weighted by atomic mass is 35.5. The molecular weight excluding hydrogens is 342 g/mol. The zero-order valence-electron chi connectivity index (χ0n) is 14.0. The monoisotopic (exact) mass is 361 g/mol. The van der Waals surface area contributed by atoms with Crippen LogP contribution >= 0.6 is 11.6 Å². The Labute approximate surface area is 151 Å². The van der Waals surface area contributed by atoms with Crippen molar-refractivity contribution in [2.75, 3.05) is 19.5 Å². The molecule has 0 aliphatic carbocycles. The molecule has 2 aromatic carbocycles. The number of methoxy groups -OCH3 is 2. The quantitative estimate of drug-likeness (QED) is 0.763. The van der Waals surface area contributed by atoms with Crippen LogP contribution in [0.1, 0.15) is 18.0 Å². The van der Waals surface area contributed by atoms with Gasteiger partial charge in [-0.15, -0.1) is 0 Å². The number of carbonyl (C=O) groups excluding carboxylic acids is 1. The SMILES string of the molecule is COc1ccc(OC)c(NC(=O)C2CC(c3cccc(Cl)c3)NN2)c1. The van der Waals surface area contributed by atoms with Crippen molar-refractivity contribution in [1.29, 1.82) is 0 Å². The number of hydrogen-bond acceptors (Lipinski definition) is 5. The van der Waals surface area contributed by atoms with E-state index < -0.39 is 0 Å². The van der Waals surface area contributed by atoms with Gasteiger partial charge in [-0.25, -0.2) is 10.9 Å². The number of benzene rings is 2. The molecule has 1 fully saturated rings.